The molecule has 32 heavy (non-hydrogen) atoms. The number of hydrazone groups is 1. The molecule has 0 saturated carbocycles. The van der Waals surface area contributed by atoms with Gasteiger partial charge in [-0.1, -0.05) is 54.1 Å². The normalized spacial score (nSPS) is 16.2. The lowest BCUT2D eigenvalue weighted by molar-refractivity contribution is -0.130. The van der Waals surface area contributed by atoms with Crippen LogP contribution in [0.3, 0.4) is 0 Å². The molecule has 0 N–H and O–H groups in total. The first-order chi connectivity index (χ1) is 15.2. The molecule has 1 aliphatic rings. The van der Waals surface area contributed by atoms with Gasteiger partial charge in [0, 0.05) is 13.3 Å². The standard InChI is InChI=1S/C25H23FN2O3S/c1-17-3-13-23(14-4-17)32(30,31)16-19-5-7-20(8-6-19)24-15-25(28(27-24)18(2)29)21-9-11-22(26)12-10-21/h3-14,25H,15-16H2,1-2H3. The van der Waals surface area contributed by atoms with E-state index in [9.17, 15) is 17.6 Å². The molecule has 0 radical (unpaired) electrons. The monoisotopic (exact) mass is 450 g/mol. The number of nitrogens with zero attached hydrogens (tertiary/aromatic N) is 2. The predicted octanol–water partition coefficient (Wildman–Crippen LogP) is 4.81. The highest BCUT2D eigenvalue weighted by Gasteiger charge is 2.31. The minimum Gasteiger partial charge on any atom is -0.273 e. The van der Waals surface area contributed by atoms with Crippen LogP contribution in [-0.2, 0) is 20.4 Å². The molecule has 0 aliphatic carbocycles. The lowest BCUT2D eigenvalue weighted by Crippen LogP contribution is -2.24. The maximum absolute atomic E-state index is 13.3. The van der Waals surface area contributed by atoms with E-state index in [0.29, 0.717) is 16.9 Å². The maximum Gasteiger partial charge on any atom is 0.240 e. The van der Waals surface area contributed by atoms with E-state index in [-0.39, 0.29) is 23.5 Å². The molecule has 0 saturated heterocycles. The van der Waals surface area contributed by atoms with E-state index in [1.165, 1.54) is 24.1 Å². The van der Waals surface area contributed by atoms with E-state index in [4.69, 9.17) is 0 Å². The van der Waals surface area contributed by atoms with Crippen molar-refractivity contribution in [2.75, 3.05) is 0 Å². The van der Waals surface area contributed by atoms with Crippen molar-refractivity contribution < 1.29 is 17.6 Å². The Labute approximate surface area is 187 Å². The number of sulfone groups is 1. The van der Waals surface area contributed by atoms with Crippen LogP contribution in [0.1, 0.15) is 41.6 Å². The van der Waals surface area contributed by atoms with Crippen LogP contribution in [0.15, 0.2) is 82.8 Å². The second kappa shape index (κ2) is 8.67. The van der Waals surface area contributed by atoms with Gasteiger partial charge >= 0.3 is 0 Å². The molecular formula is C25H23FN2O3S. The number of hydrogen-bond acceptors (Lipinski definition) is 4. The summed E-state index contributed by atoms with van der Waals surface area (Å²) >= 11 is 0. The van der Waals surface area contributed by atoms with Gasteiger partial charge in [0.1, 0.15) is 5.82 Å². The average molecular weight is 451 g/mol. The molecule has 1 atom stereocenters. The Morgan fingerprint density at radius 1 is 1.00 bits per heavy atom. The van der Waals surface area contributed by atoms with Gasteiger partial charge in [0.15, 0.2) is 9.84 Å². The predicted molar refractivity (Wildman–Crippen MR) is 121 cm³/mol. The van der Waals surface area contributed by atoms with Gasteiger partial charge in [-0.2, -0.15) is 5.10 Å². The third-order valence-electron chi connectivity index (χ3n) is 5.51. The van der Waals surface area contributed by atoms with Crippen molar-refractivity contribution in [1.82, 2.24) is 5.01 Å². The highest BCUT2D eigenvalue weighted by Crippen LogP contribution is 2.33. The van der Waals surface area contributed by atoms with Crippen molar-refractivity contribution >= 4 is 21.5 Å². The molecule has 1 heterocycles. The first kappa shape index (κ1) is 21.9. The number of hydrogen-bond donors (Lipinski definition) is 0. The van der Waals surface area contributed by atoms with Crippen molar-refractivity contribution in [2.24, 2.45) is 5.10 Å². The van der Waals surface area contributed by atoms with Crippen LogP contribution in [0.25, 0.3) is 0 Å². The quantitative estimate of drug-likeness (QED) is 0.561. The summed E-state index contributed by atoms with van der Waals surface area (Å²) in [5.41, 5.74) is 4.02. The van der Waals surface area contributed by atoms with E-state index in [0.717, 1.165) is 22.4 Å². The summed E-state index contributed by atoms with van der Waals surface area (Å²) in [5, 5.41) is 5.90. The molecule has 4 rings (SSSR count). The molecule has 5 nitrogen and oxygen atoms in total. The number of amides is 1. The molecule has 3 aromatic rings. The van der Waals surface area contributed by atoms with E-state index < -0.39 is 9.84 Å². The van der Waals surface area contributed by atoms with Gasteiger partial charge in [0.25, 0.3) is 0 Å². The molecule has 0 aromatic heterocycles. The Bertz CT molecular complexity index is 1270. The molecule has 0 spiro atoms. The maximum atomic E-state index is 13.3. The van der Waals surface area contributed by atoms with E-state index in [1.807, 2.05) is 19.1 Å². The molecule has 1 aliphatic heterocycles. The van der Waals surface area contributed by atoms with Crippen LogP contribution in [0, 0.1) is 12.7 Å². The van der Waals surface area contributed by atoms with Crippen LogP contribution < -0.4 is 0 Å². The molecule has 7 heteroatoms. The molecule has 164 valence electrons. The van der Waals surface area contributed by atoms with Crippen LogP contribution in [0.4, 0.5) is 4.39 Å². The number of carbonyl (C=O) groups excluding carboxylic acids is 1. The van der Waals surface area contributed by atoms with Crippen molar-refractivity contribution in [1.29, 1.82) is 0 Å². The molecule has 0 bridgehead atoms. The number of rotatable bonds is 5. The molecular weight excluding hydrogens is 427 g/mol. The highest BCUT2D eigenvalue weighted by molar-refractivity contribution is 7.90. The van der Waals surface area contributed by atoms with Gasteiger partial charge in [-0.15, -0.1) is 0 Å². The number of carbonyl (C=O) groups is 1. The second-order valence-corrected chi connectivity index (χ2v) is 9.94. The number of aryl methyl sites for hydroxylation is 1. The third-order valence-corrected chi connectivity index (χ3v) is 7.22. The Morgan fingerprint density at radius 2 is 1.62 bits per heavy atom. The smallest absolute Gasteiger partial charge is 0.240 e. The molecule has 0 fully saturated rings. The van der Waals surface area contributed by atoms with E-state index in [2.05, 4.69) is 5.10 Å². The van der Waals surface area contributed by atoms with Gasteiger partial charge in [-0.3, -0.25) is 4.79 Å². The van der Waals surface area contributed by atoms with Gasteiger partial charge in [-0.25, -0.2) is 17.8 Å². The van der Waals surface area contributed by atoms with Gasteiger partial charge in [-0.05, 0) is 47.9 Å². The number of benzene rings is 3. The summed E-state index contributed by atoms with van der Waals surface area (Å²) in [6, 6.07) is 19.8. The molecule has 1 unspecified atom stereocenters. The van der Waals surface area contributed by atoms with Crippen molar-refractivity contribution in [3.63, 3.8) is 0 Å². The summed E-state index contributed by atoms with van der Waals surface area (Å²) in [4.78, 5) is 12.4. The van der Waals surface area contributed by atoms with Crippen LogP contribution in [-0.4, -0.2) is 25.0 Å². The third kappa shape index (κ3) is 4.62. The zero-order valence-electron chi connectivity index (χ0n) is 17.8. The topological polar surface area (TPSA) is 66.8 Å². The van der Waals surface area contributed by atoms with Crippen LogP contribution in [0.2, 0.25) is 0 Å². The first-order valence-corrected chi connectivity index (χ1v) is 11.9. The lowest BCUT2D eigenvalue weighted by Gasteiger charge is -2.20. The minimum atomic E-state index is -3.44. The summed E-state index contributed by atoms with van der Waals surface area (Å²) in [6.07, 6.45) is 0.492. The highest BCUT2D eigenvalue weighted by atomic mass is 32.2. The van der Waals surface area contributed by atoms with Gasteiger partial charge in [0.05, 0.1) is 22.4 Å². The van der Waals surface area contributed by atoms with Crippen molar-refractivity contribution in [2.45, 2.75) is 37.0 Å². The second-order valence-electron chi connectivity index (χ2n) is 7.95. The molecule has 3 aromatic carbocycles. The van der Waals surface area contributed by atoms with Crippen molar-refractivity contribution in [3.8, 4) is 0 Å². The van der Waals surface area contributed by atoms with Crippen LogP contribution in [0.5, 0.6) is 0 Å². The lowest BCUT2D eigenvalue weighted by atomic mass is 9.98. The summed E-state index contributed by atoms with van der Waals surface area (Å²) in [7, 11) is -3.44. The largest absolute Gasteiger partial charge is 0.273 e. The fourth-order valence-corrected chi connectivity index (χ4v) is 5.11. The fourth-order valence-electron chi connectivity index (χ4n) is 3.76. The zero-order chi connectivity index (χ0) is 22.9. The fraction of sp³-hybridized carbons (Fsp3) is 0.200. The average Bonchev–Trinajstić information content (AvgIpc) is 3.21. The summed E-state index contributed by atoms with van der Waals surface area (Å²) in [5.74, 6) is -0.630. The Balaban J connectivity index is 1.53. The Kier molecular flexibility index (Phi) is 5.93. The van der Waals surface area contributed by atoms with Gasteiger partial charge in [0.2, 0.25) is 5.91 Å². The Morgan fingerprint density at radius 3 is 2.22 bits per heavy atom. The molecule has 1 amide bonds. The van der Waals surface area contributed by atoms with E-state index in [1.54, 1.807) is 48.5 Å². The SMILES string of the molecule is CC(=O)N1N=C(c2ccc(CS(=O)(=O)c3ccc(C)cc3)cc2)CC1c1ccc(F)cc1. The summed E-state index contributed by atoms with van der Waals surface area (Å²) < 4.78 is 38.7. The Hall–Kier alpha value is -3.32. The number of halogens is 1. The van der Waals surface area contributed by atoms with Crippen molar-refractivity contribution in [3.05, 3.63) is 101 Å². The van der Waals surface area contributed by atoms with E-state index >= 15 is 0 Å². The minimum absolute atomic E-state index is 0.0966. The first-order valence-electron chi connectivity index (χ1n) is 10.2. The van der Waals surface area contributed by atoms with Gasteiger partial charge < -0.3 is 0 Å². The summed E-state index contributed by atoms with van der Waals surface area (Å²) in [6.45, 7) is 3.36. The zero-order valence-corrected chi connectivity index (χ0v) is 18.6. The van der Waals surface area contributed by atoms with Crippen LogP contribution >= 0.6 is 0 Å².